The lowest BCUT2D eigenvalue weighted by Gasteiger charge is -2.29. The molecule has 6 heteroatoms. The lowest BCUT2D eigenvalue weighted by Crippen LogP contribution is -3.14. The van der Waals surface area contributed by atoms with Crippen molar-refractivity contribution in [3.63, 3.8) is 0 Å². The van der Waals surface area contributed by atoms with Gasteiger partial charge in [-0.3, -0.25) is 0 Å². The van der Waals surface area contributed by atoms with Crippen molar-refractivity contribution in [2.24, 2.45) is 0 Å². The van der Waals surface area contributed by atoms with Gasteiger partial charge in [0.1, 0.15) is 0 Å². The molecule has 0 unspecified atom stereocenters. The van der Waals surface area contributed by atoms with Crippen LogP contribution in [0.4, 0.5) is 0 Å². The van der Waals surface area contributed by atoms with Gasteiger partial charge in [0.15, 0.2) is 0 Å². The smallest absolute Gasteiger partial charge is 0.236 e. The SMILES string of the molecule is CC[NH+]1CCN(S(=O)(=O)/C=C/c2ccc(Cl)cc2)CC1. The normalized spacial score (nSPS) is 18.7. The molecule has 1 aromatic carbocycles. The molecular formula is C14H20ClN2O2S+. The van der Waals surface area contributed by atoms with Crippen molar-refractivity contribution in [3.05, 3.63) is 40.3 Å². The maximum atomic E-state index is 12.2. The number of piperazine rings is 1. The molecule has 0 spiro atoms. The van der Waals surface area contributed by atoms with Crippen LogP contribution >= 0.6 is 11.6 Å². The fourth-order valence-corrected chi connectivity index (χ4v) is 3.55. The summed E-state index contributed by atoms with van der Waals surface area (Å²) in [4.78, 5) is 1.46. The fraction of sp³-hybridized carbons (Fsp3) is 0.429. The van der Waals surface area contributed by atoms with E-state index in [1.54, 1.807) is 34.6 Å². The second-order valence-electron chi connectivity index (χ2n) is 4.90. The van der Waals surface area contributed by atoms with E-state index in [-0.39, 0.29) is 0 Å². The molecule has 1 saturated heterocycles. The lowest BCUT2D eigenvalue weighted by molar-refractivity contribution is -0.901. The Morgan fingerprint density at radius 1 is 1.25 bits per heavy atom. The Balaban J connectivity index is 2.02. The van der Waals surface area contributed by atoms with Gasteiger partial charge in [-0.25, -0.2) is 8.42 Å². The molecule has 2 rings (SSSR count). The van der Waals surface area contributed by atoms with Crippen LogP contribution in [0.3, 0.4) is 0 Å². The first kappa shape index (κ1) is 15.5. The van der Waals surface area contributed by atoms with E-state index < -0.39 is 10.0 Å². The molecule has 0 amide bonds. The van der Waals surface area contributed by atoms with Crippen molar-refractivity contribution >= 4 is 27.7 Å². The molecule has 0 aliphatic carbocycles. The van der Waals surface area contributed by atoms with Crippen LogP contribution in [0.25, 0.3) is 6.08 Å². The molecule has 4 nitrogen and oxygen atoms in total. The highest BCUT2D eigenvalue weighted by molar-refractivity contribution is 7.92. The molecule has 1 fully saturated rings. The van der Waals surface area contributed by atoms with Gasteiger partial charge in [0.05, 0.1) is 32.7 Å². The first-order chi connectivity index (χ1) is 9.51. The van der Waals surface area contributed by atoms with E-state index in [1.165, 1.54) is 10.3 Å². The minimum atomic E-state index is -3.32. The summed E-state index contributed by atoms with van der Waals surface area (Å²) in [7, 11) is -3.32. The van der Waals surface area contributed by atoms with Gasteiger partial charge in [-0.2, -0.15) is 4.31 Å². The number of nitrogens with one attached hydrogen (secondary N) is 1. The molecule has 1 aliphatic heterocycles. The van der Waals surface area contributed by atoms with Gasteiger partial charge in [-0.15, -0.1) is 0 Å². The van der Waals surface area contributed by atoms with Crippen molar-refractivity contribution in [3.8, 4) is 0 Å². The largest absolute Gasteiger partial charge is 0.333 e. The summed E-state index contributed by atoms with van der Waals surface area (Å²) in [6.45, 7) is 6.12. The van der Waals surface area contributed by atoms with Gasteiger partial charge in [0, 0.05) is 10.4 Å². The highest BCUT2D eigenvalue weighted by Gasteiger charge is 2.26. The van der Waals surface area contributed by atoms with E-state index in [9.17, 15) is 8.42 Å². The molecule has 0 atom stereocenters. The molecule has 0 bridgehead atoms. The van der Waals surface area contributed by atoms with E-state index in [0.29, 0.717) is 18.1 Å². The molecule has 20 heavy (non-hydrogen) atoms. The van der Waals surface area contributed by atoms with Crippen LogP contribution in [-0.2, 0) is 10.0 Å². The molecule has 0 saturated carbocycles. The van der Waals surface area contributed by atoms with E-state index in [2.05, 4.69) is 6.92 Å². The van der Waals surface area contributed by atoms with Crippen LogP contribution in [-0.4, -0.2) is 45.4 Å². The second kappa shape index (κ2) is 6.72. The Bertz CT molecular complexity index is 561. The third kappa shape index (κ3) is 4.06. The minimum absolute atomic E-state index is 0.594. The predicted molar refractivity (Wildman–Crippen MR) is 82.2 cm³/mol. The summed E-state index contributed by atoms with van der Waals surface area (Å²) in [6, 6.07) is 7.09. The van der Waals surface area contributed by atoms with Crippen LogP contribution in [0, 0.1) is 0 Å². The molecule has 1 N–H and O–H groups in total. The van der Waals surface area contributed by atoms with Crippen molar-refractivity contribution in [2.75, 3.05) is 32.7 Å². The summed E-state index contributed by atoms with van der Waals surface area (Å²) in [5, 5.41) is 1.93. The first-order valence-electron chi connectivity index (χ1n) is 6.78. The van der Waals surface area contributed by atoms with Crippen molar-refractivity contribution in [1.29, 1.82) is 0 Å². The quantitative estimate of drug-likeness (QED) is 0.895. The van der Waals surface area contributed by atoms with E-state index in [1.807, 2.05) is 0 Å². The van der Waals surface area contributed by atoms with Crippen LogP contribution in [0.2, 0.25) is 5.02 Å². The summed E-state index contributed by atoms with van der Waals surface area (Å²) >= 11 is 5.80. The zero-order valence-electron chi connectivity index (χ0n) is 11.5. The Labute approximate surface area is 125 Å². The number of benzene rings is 1. The van der Waals surface area contributed by atoms with Crippen molar-refractivity contribution < 1.29 is 13.3 Å². The average molecular weight is 316 g/mol. The Morgan fingerprint density at radius 3 is 2.40 bits per heavy atom. The van der Waals surface area contributed by atoms with E-state index >= 15 is 0 Å². The summed E-state index contributed by atoms with van der Waals surface area (Å²) < 4.78 is 26.0. The van der Waals surface area contributed by atoms with Gasteiger partial charge in [-0.1, -0.05) is 23.7 Å². The van der Waals surface area contributed by atoms with Gasteiger partial charge in [0.25, 0.3) is 0 Å². The van der Waals surface area contributed by atoms with Gasteiger partial charge in [-0.05, 0) is 30.7 Å². The van der Waals surface area contributed by atoms with Crippen LogP contribution < -0.4 is 4.90 Å². The third-order valence-corrected chi connectivity index (χ3v) is 5.41. The molecule has 1 aromatic rings. The fourth-order valence-electron chi connectivity index (χ4n) is 2.23. The van der Waals surface area contributed by atoms with Crippen LogP contribution in [0.5, 0.6) is 0 Å². The topological polar surface area (TPSA) is 41.8 Å². The van der Waals surface area contributed by atoms with Gasteiger partial charge in [0.2, 0.25) is 10.0 Å². The minimum Gasteiger partial charge on any atom is -0.333 e. The van der Waals surface area contributed by atoms with E-state index in [4.69, 9.17) is 11.6 Å². The summed E-state index contributed by atoms with van der Waals surface area (Å²) in [5.74, 6) is 0. The number of quaternary nitrogens is 1. The zero-order chi connectivity index (χ0) is 14.6. The number of likely N-dealkylation sites (N-methyl/N-ethyl adjacent to an activating group) is 1. The predicted octanol–water partition coefficient (Wildman–Crippen LogP) is 0.861. The molecule has 0 aromatic heterocycles. The summed E-state index contributed by atoms with van der Waals surface area (Å²) in [6.07, 6.45) is 1.62. The lowest BCUT2D eigenvalue weighted by atomic mass is 10.2. The maximum Gasteiger partial charge on any atom is 0.236 e. The van der Waals surface area contributed by atoms with E-state index in [0.717, 1.165) is 25.2 Å². The van der Waals surface area contributed by atoms with Crippen molar-refractivity contribution in [2.45, 2.75) is 6.92 Å². The Kier molecular flexibility index (Phi) is 5.21. The molecule has 0 radical (unpaired) electrons. The number of halogens is 1. The summed E-state index contributed by atoms with van der Waals surface area (Å²) in [5.41, 5.74) is 0.829. The third-order valence-electron chi connectivity index (χ3n) is 3.59. The second-order valence-corrected chi connectivity index (χ2v) is 7.16. The van der Waals surface area contributed by atoms with Gasteiger partial charge >= 0.3 is 0 Å². The highest BCUT2D eigenvalue weighted by Crippen LogP contribution is 2.12. The number of hydrogen-bond donors (Lipinski definition) is 1. The number of rotatable bonds is 4. The zero-order valence-corrected chi connectivity index (χ0v) is 13.1. The number of nitrogens with zero attached hydrogens (tertiary/aromatic N) is 1. The molecule has 1 heterocycles. The Hall–Kier alpha value is -0.880. The molecule has 1 aliphatic rings. The molecular weight excluding hydrogens is 296 g/mol. The maximum absolute atomic E-state index is 12.2. The standard InChI is InChI=1S/C14H19ClN2O2S/c1-2-16-8-10-17(11-9-16)20(18,19)12-7-13-3-5-14(15)6-4-13/h3-7,12H,2,8-11H2,1H3/p+1/b12-7+. The molecule has 110 valence electrons. The number of hydrogen-bond acceptors (Lipinski definition) is 2. The van der Waals surface area contributed by atoms with Gasteiger partial charge < -0.3 is 4.90 Å². The monoisotopic (exact) mass is 315 g/mol. The van der Waals surface area contributed by atoms with Crippen LogP contribution in [0.1, 0.15) is 12.5 Å². The highest BCUT2D eigenvalue weighted by atomic mass is 35.5. The Morgan fingerprint density at radius 2 is 1.85 bits per heavy atom. The van der Waals surface area contributed by atoms with Crippen molar-refractivity contribution in [1.82, 2.24) is 4.31 Å². The first-order valence-corrected chi connectivity index (χ1v) is 8.67. The average Bonchev–Trinajstić information content (AvgIpc) is 2.47. The van der Waals surface area contributed by atoms with Crippen LogP contribution in [0.15, 0.2) is 29.7 Å². The number of sulfonamides is 1.